The van der Waals surface area contributed by atoms with Crippen LogP contribution in [0.3, 0.4) is 0 Å². The Kier molecular flexibility index (Phi) is 7.23. The second-order valence-electron chi connectivity index (χ2n) is 9.13. The normalized spacial score (nSPS) is 21.7. The molecule has 2 aromatic rings. The number of carbonyl (C=O) groups is 2. The van der Waals surface area contributed by atoms with Gasteiger partial charge in [0.15, 0.2) is 0 Å². The number of benzene rings is 2. The van der Waals surface area contributed by atoms with Gasteiger partial charge in [0.05, 0.1) is 12.6 Å². The van der Waals surface area contributed by atoms with Crippen molar-refractivity contribution < 1.29 is 18.4 Å². The molecule has 2 N–H and O–H groups in total. The maximum absolute atomic E-state index is 14.2. The van der Waals surface area contributed by atoms with Crippen LogP contribution in [0.5, 0.6) is 0 Å². The Hall–Kier alpha value is -3.31. The molecular formula is C26H28F2N4O2. The number of nitrogens with two attached hydrogens (primary N) is 1. The van der Waals surface area contributed by atoms with Crippen molar-refractivity contribution in [2.75, 3.05) is 13.1 Å². The van der Waals surface area contributed by atoms with Gasteiger partial charge < -0.3 is 10.6 Å². The zero-order valence-electron chi connectivity index (χ0n) is 18.9. The number of halogens is 2. The number of rotatable bonds is 8. The van der Waals surface area contributed by atoms with Crippen LogP contribution < -0.4 is 5.73 Å². The van der Waals surface area contributed by atoms with Gasteiger partial charge in [0.1, 0.15) is 18.1 Å². The van der Waals surface area contributed by atoms with Crippen molar-refractivity contribution in [1.82, 2.24) is 9.80 Å². The topological polar surface area (TPSA) is 90.4 Å². The minimum atomic E-state index is -0.700. The summed E-state index contributed by atoms with van der Waals surface area (Å²) >= 11 is 0. The van der Waals surface area contributed by atoms with E-state index in [2.05, 4.69) is 4.90 Å². The highest BCUT2D eigenvalue weighted by atomic mass is 19.1. The van der Waals surface area contributed by atoms with Gasteiger partial charge in [0.2, 0.25) is 11.8 Å². The van der Waals surface area contributed by atoms with Crippen LogP contribution in [0.1, 0.15) is 59.5 Å². The molecule has 6 nitrogen and oxygen atoms in total. The fourth-order valence-electron chi connectivity index (χ4n) is 5.44. The minimum absolute atomic E-state index is 0.162. The summed E-state index contributed by atoms with van der Waals surface area (Å²) in [6.07, 6.45) is 3.64. The molecule has 2 amide bonds. The summed E-state index contributed by atoms with van der Waals surface area (Å²) in [5, 5.41) is 8.98. The number of primary amides is 1. The molecule has 2 fully saturated rings. The zero-order chi connectivity index (χ0) is 24.2. The summed E-state index contributed by atoms with van der Waals surface area (Å²) in [6.45, 7) is 0.671. The van der Waals surface area contributed by atoms with E-state index in [9.17, 15) is 18.4 Å². The van der Waals surface area contributed by atoms with Crippen LogP contribution in [0.2, 0.25) is 0 Å². The lowest BCUT2D eigenvalue weighted by molar-refractivity contribution is -0.131. The smallest absolute Gasteiger partial charge is 0.248 e. The third-order valence-corrected chi connectivity index (χ3v) is 7.15. The van der Waals surface area contributed by atoms with E-state index < -0.39 is 23.4 Å². The van der Waals surface area contributed by atoms with Crippen molar-refractivity contribution in [3.8, 4) is 6.07 Å². The van der Waals surface area contributed by atoms with E-state index in [1.165, 1.54) is 23.1 Å². The van der Waals surface area contributed by atoms with Crippen LogP contribution in [-0.4, -0.2) is 46.8 Å². The third-order valence-electron chi connectivity index (χ3n) is 7.15. The molecule has 0 aromatic heterocycles. The summed E-state index contributed by atoms with van der Waals surface area (Å²) in [5.41, 5.74) is 6.91. The maximum atomic E-state index is 14.2. The van der Waals surface area contributed by atoms with Crippen LogP contribution in [0.25, 0.3) is 0 Å². The first kappa shape index (κ1) is 23.8. The summed E-state index contributed by atoms with van der Waals surface area (Å²) < 4.78 is 28.4. The minimum Gasteiger partial charge on any atom is -0.366 e. The average Bonchev–Trinajstić information content (AvgIpc) is 3.05. The van der Waals surface area contributed by atoms with E-state index >= 15 is 0 Å². The van der Waals surface area contributed by atoms with Crippen molar-refractivity contribution in [3.05, 3.63) is 70.8 Å². The predicted octanol–water partition coefficient (Wildman–Crippen LogP) is 3.72. The van der Waals surface area contributed by atoms with Crippen LogP contribution in [0.4, 0.5) is 8.78 Å². The highest BCUT2D eigenvalue weighted by Crippen LogP contribution is 2.43. The van der Waals surface area contributed by atoms with E-state index in [4.69, 9.17) is 11.0 Å². The SMILES string of the molecule is N#CCC(=O)N(CCN1[C@@H]2CC[C@H]1C[C@@H](c1cccc(C(N)=O)c1)C2)Cc1c(F)cccc1F. The highest BCUT2D eigenvalue weighted by Gasteiger charge is 2.41. The second-order valence-corrected chi connectivity index (χ2v) is 9.13. The lowest BCUT2D eigenvalue weighted by Gasteiger charge is -2.40. The summed E-state index contributed by atoms with van der Waals surface area (Å²) in [5.74, 6) is -1.94. The molecule has 8 heteroatoms. The molecule has 178 valence electrons. The first-order valence-electron chi connectivity index (χ1n) is 11.6. The molecule has 2 aliphatic heterocycles. The number of piperidine rings is 1. The van der Waals surface area contributed by atoms with Crippen LogP contribution >= 0.6 is 0 Å². The monoisotopic (exact) mass is 466 g/mol. The number of nitriles is 1. The van der Waals surface area contributed by atoms with Crippen molar-refractivity contribution in [1.29, 1.82) is 5.26 Å². The van der Waals surface area contributed by atoms with Crippen LogP contribution in [-0.2, 0) is 11.3 Å². The van der Waals surface area contributed by atoms with Gasteiger partial charge in [-0.2, -0.15) is 5.26 Å². The maximum Gasteiger partial charge on any atom is 0.248 e. The second kappa shape index (κ2) is 10.3. The number of amides is 2. The molecule has 2 heterocycles. The van der Waals surface area contributed by atoms with Crippen molar-refractivity contribution in [3.63, 3.8) is 0 Å². The zero-order valence-corrected chi connectivity index (χ0v) is 18.9. The molecule has 2 saturated heterocycles. The van der Waals surface area contributed by atoms with Gasteiger partial charge in [0.25, 0.3) is 0 Å². The van der Waals surface area contributed by atoms with E-state index in [1.807, 2.05) is 24.3 Å². The quantitative estimate of drug-likeness (QED) is 0.642. The molecule has 0 unspecified atom stereocenters. The van der Waals surface area contributed by atoms with E-state index in [1.54, 1.807) is 6.07 Å². The van der Waals surface area contributed by atoms with Gasteiger partial charge in [-0.1, -0.05) is 18.2 Å². The number of hydrogen-bond acceptors (Lipinski definition) is 4. The molecule has 2 bridgehead atoms. The number of hydrogen-bond donors (Lipinski definition) is 1. The van der Waals surface area contributed by atoms with E-state index in [0.29, 0.717) is 36.7 Å². The molecule has 3 atom stereocenters. The summed E-state index contributed by atoms with van der Waals surface area (Å²) in [4.78, 5) is 27.9. The highest BCUT2D eigenvalue weighted by molar-refractivity contribution is 5.92. The van der Waals surface area contributed by atoms with Crippen molar-refractivity contribution >= 4 is 11.8 Å². The van der Waals surface area contributed by atoms with Gasteiger partial charge >= 0.3 is 0 Å². The van der Waals surface area contributed by atoms with Gasteiger partial charge in [-0.05, 0) is 61.4 Å². The Balaban J connectivity index is 1.44. The van der Waals surface area contributed by atoms with Crippen LogP contribution in [0.15, 0.2) is 42.5 Å². The third kappa shape index (κ3) is 5.10. The fraction of sp³-hybridized carbons (Fsp3) is 0.423. The Morgan fingerprint density at radius 3 is 2.35 bits per heavy atom. The average molecular weight is 467 g/mol. The fourth-order valence-corrected chi connectivity index (χ4v) is 5.44. The van der Waals surface area contributed by atoms with Crippen molar-refractivity contribution in [2.45, 2.75) is 56.7 Å². The van der Waals surface area contributed by atoms with Crippen LogP contribution in [0, 0.1) is 23.0 Å². The Bertz CT molecular complexity index is 1080. The molecule has 0 spiro atoms. The Morgan fingerprint density at radius 1 is 1.09 bits per heavy atom. The molecule has 2 aromatic carbocycles. The molecule has 0 saturated carbocycles. The van der Waals surface area contributed by atoms with Gasteiger partial charge in [-0.25, -0.2) is 8.78 Å². The summed E-state index contributed by atoms with van der Waals surface area (Å²) in [6, 6.07) is 13.6. The first-order chi connectivity index (χ1) is 16.4. The standard InChI is InChI=1S/C26H28F2N4O2/c27-23-5-2-6-24(28)22(23)16-31(25(33)9-10-29)11-12-32-20-7-8-21(32)15-19(14-20)17-3-1-4-18(13-17)26(30)34/h1-6,13,19-21H,7-9,11-12,14-16H2,(H2,30,34)/t19-,20+,21-. The molecular weight excluding hydrogens is 438 g/mol. The lowest BCUT2D eigenvalue weighted by Crippen LogP contribution is -2.46. The molecule has 0 radical (unpaired) electrons. The van der Waals surface area contributed by atoms with Gasteiger partial charge in [-0.15, -0.1) is 0 Å². The largest absolute Gasteiger partial charge is 0.366 e. The van der Waals surface area contributed by atoms with E-state index in [-0.39, 0.29) is 18.5 Å². The number of carbonyl (C=O) groups excluding carboxylic acids is 2. The molecule has 34 heavy (non-hydrogen) atoms. The molecule has 4 rings (SSSR count). The number of nitrogens with zero attached hydrogens (tertiary/aromatic N) is 3. The van der Waals surface area contributed by atoms with E-state index in [0.717, 1.165) is 31.2 Å². The predicted molar refractivity (Wildman–Crippen MR) is 122 cm³/mol. The van der Waals surface area contributed by atoms with Gasteiger partial charge in [0, 0.05) is 36.3 Å². The molecule has 2 aliphatic rings. The van der Waals surface area contributed by atoms with Crippen molar-refractivity contribution in [2.24, 2.45) is 5.73 Å². The molecule has 0 aliphatic carbocycles. The first-order valence-corrected chi connectivity index (χ1v) is 11.6. The summed E-state index contributed by atoms with van der Waals surface area (Å²) in [7, 11) is 0. The Morgan fingerprint density at radius 2 is 1.74 bits per heavy atom. The number of fused-ring (bicyclic) bond motifs is 2. The van der Waals surface area contributed by atoms with Gasteiger partial charge in [-0.3, -0.25) is 14.5 Å². The lowest BCUT2D eigenvalue weighted by atomic mass is 9.84. The Labute approximate surface area is 197 Å².